The number of hydrogen-bond acceptors (Lipinski definition) is 4. The minimum atomic E-state index is 0.123. The van der Waals surface area contributed by atoms with Crippen molar-refractivity contribution in [1.29, 1.82) is 0 Å². The molecule has 0 fully saturated rings. The van der Waals surface area contributed by atoms with Gasteiger partial charge >= 0.3 is 0 Å². The zero-order valence-corrected chi connectivity index (χ0v) is 9.86. The van der Waals surface area contributed by atoms with Crippen LogP contribution < -0.4 is 11.5 Å². The van der Waals surface area contributed by atoms with Crippen molar-refractivity contribution in [3.8, 4) is 11.3 Å². The van der Waals surface area contributed by atoms with Crippen LogP contribution in [0.25, 0.3) is 11.3 Å². The third-order valence-electron chi connectivity index (χ3n) is 3.30. The highest BCUT2D eigenvalue weighted by Gasteiger charge is 2.25. The molecule has 5 N–H and O–H groups in total. The van der Waals surface area contributed by atoms with Gasteiger partial charge in [0, 0.05) is 23.9 Å². The quantitative estimate of drug-likeness (QED) is 0.709. The lowest BCUT2D eigenvalue weighted by molar-refractivity contribution is 0.0973. The second-order valence-electron chi connectivity index (χ2n) is 4.51. The lowest BCUT2D eigenvalue weighted by Gasteiger charge is -2.09. The van der Waals surface area contributed by atoms with E-state index in [0.29, 0.717) is 23.5 Å². The molecule has 92 valence electrons. The van der Waals surface area contributed by atoms with Gasteiger partial charge in [-0.05, 0) is 25.0 Å². The van der Waals surface area contributed by atoms with Crippen LogP contribution in [0.4, 0.5) is 11.5 Å². The third kappa shape index (κ3) is 1.55. The van der Waals surface area contributed by atoms with Gasteiger partial charge in [0.25, 0.3) is 0 Å². The summed E-state index contributed by atoms with van der Waals surface area (Å²) in [5.74, 6) is 0.559. The first-order valence-electron chi connectivity index (χ1n) is 5.92. The Kier molecular flexibility index (Phi) is 2.33. The molecular formula is C13H14N4O. The van der Waals surface area contributed by atoms with E-state index in [9.17, 15) is 4.79 Å². The molecule has 0 atom stereocenters. The highest BCUT2D eigenvalue weighted by atomic mass is 16.1. The van der Waals surface area contributed by atoms with Crippen molar-refractivity contribution >= 4 is 17.3 Å². The summed E-state index contributed by atoms with van der Waals surface area (Å²) in [6.45, 7) is 0. The van der Waals surface area contributed by atoms with E-state index in [0.717, 1.165) is 29.8 Å². The number of rotatable bonds is 1. The first-order valence-corrected chi connectivity index (χ1v) is 5.92. The Morgan fingerprint density at radius 3 is 2.83 bits per heavy atom. The van der Waals surface area contributed by atoms with E-state index in [2.05, 4.69) is 9.97 Å². The number of aryl methyl sites for hydroxylation is 1. The number of carbonyl (C=O) groups is 1. The maximum Gasteiger partial charge on any atom is 0.166 e. The number of nitrogen functional groups attached to an aromatic ring is 2. The monoisotopic (exact) mass is 242 g/mol. The van der Waals surface area contributed by atoms with Crippen LogP contribution in [-0.4, -0.2) is 15.8 Å². The minimum Gasteiger partial charge on any atom is -0.396 e. The van der Waals surface area contributed by atoms with Crippen LogP contribution in [-0.2, 0) is 6.42 Å². The summed E-state index contributed by atoms with van der Waals surface area (Å²) < 4.78 is 0. The Hall–Kier alpha value is -2.30. The van der Waals surface area contributed by atoms with Gasteiger partial charge in [-0.25, -0.2) is 4.98 Å². The maximum atomic E-state index is 11.9. The van der Waals surface area contributed by atoms with Gasteiger partial charge in [-0.15, -0.1) is 0 Å². The number of nitrogens with zero attached hydrogens (tertiary/aromatic N) is 1. The predicted octanol–water partition coefficient (Wildman–Crippen LogP) is 1.76. The molecule has 0 saturated carbocycles. The van der Waals surface area contributed by atoms with E-state index < -0.39 is 0 Å². The van der Waals surface area contributed by atoms with Gasteiger partial charge in [0.1, 0.15) is 5.82 Å². The number of fused-ring (bicyclic) bond motifs is 1. The number of hydrogen-bond donors (Lipinski definition) is 3. The molecule has 0 bridgehead atoms. The molecule has 1 aliphatic carbocycles. The molecule has 0 saturated heterocycles. The van der Waals surface area contributed by atoms with Crippen LogP contribution in [0.3, 0.4) is 0 Å². The molecule has 5 heteroatoms. The molecule has 3 rings (SSSR count). The summed E-state index contributed by atoms with van der Waals surface area (Å²) in [6.07, 6.45) is 3.95. The van der Waals surface area contributed by atoms with Crippen molar-refractivity contribution in [3.05, 3.63) is 29.6 Å². The number of H-pyrrole nitrogens is 1. The van der Waals surface area contributed by atoms with Crippen molar-refractivity contribution < 1.29 is 4.79 Å². The van der Waals surface area contributed by atoms with E-state index in [1.54, 1.807) is 12.3 Å². The van der Waals surface area contributed by atoms with Gasteiger partial charge in [-0.1, -0.05) is 0 Å². The van der Waals surface area contributed by atoms with Crippen molar-refractivity contribution in [2.45, 2.75) is 19.3 Å². The van der Waals surface area contributed by atoms with Crippen LogP contribution in [0, 0.1) is 0 Å². The molecule has 2 aromatic heterocycles. The number of aromatic amines is 1. The van der Waals surface area contributed by atoms with E-state index >= 15 is 0 Å². The Morgan fingerprint density at radius 1 is 1.28 bits per heavy atom. The molecule has 0 amide bonds. The number of ketones is 1. The number of nitrogens with one attached hydrogen (secondary N) is 1. The van der Waals surface area contributed by atoms with Gasteiger partial charge < -0.3 is 16.5 Å². The normalized spacial score (nSPS) is 14.6. The van der Waals surface area contributed by atoms with Crippen LogP contribution in [0.15, 0.2) is 18.3 Å². The molecule has 0 unspecified atom stereocenters. The Bertz CT molecular complexity index is 630. The van der Waals surface area contributed by atoms with Crippen molar-refractivity contribution in [3.63, 3.8) is 0 Å². The summed E-state index contributed by atoms with van der Waals surface area (Å²) in [5.41, 5.74) is 15.5. The largest absolute Gasteiger partial charge is 0.396 e. The summed E-state index contributed by atoms with van der Waals surface area (Å²) in [6, 6.07) is 3.58. The van der Waals surface area contributed by atoms with E-state index in [4.69, 9.17) is 11.5 Å². The highest BCUT2D eigenvalue weighted by molar-refractivity contribution is 6.05. The Balaban J connectivity index is 2.17. The molecular weight excluding hydrogens is 228 g/mol. The first kappa shape index (κ1) is 10.8. The SMILES string of the molecule is Nc1cc(-c2[nH]c3c(c2N)C(=O)CCC3)ccn1. The molecule has 1 aliphatic rings. The Labute approximate surface area is 104 Å². The summed E-state index contributed by atoms with van der Waals surface area (Å²) in [7, 11) is 0. The fraction of sp³-hybridized carbons (Fsp3) is 0.231. The number of pyridine rings is 1. The fourth-order valence-corrected chi connectivity index (χ4v) is 2.46. The van der Waals surface area contributed by atoms with Gasteiger partial charge in [0.15, 0.2) is 5.78 Å². The van der Waals surface area contributed by atoms with E-state index in [1.165, 1.54) is 0 Å². The zero-order valence-electron chi connectivity index (χ0n) is 9.86. The smallest absolute Gasteiger partial charge is 0.166 e. The molecule has 2 heterocycles. The van der Waals surface area contributed by atoms with Gasteiger partial charge in [-0.2, -0.15) is 0 Å². The molecule has 5 nitrogen and oxygen atoms in total. The van der Waals surface area contributed by atoms with Crippen molar-refractivity contribution in [1.82, 2.24) is 9.97 Å². The topological polar surface area (TPSA) is 97.8 Å². The van der Waals surface area contributed by atoms with Crippen LogP contribution in [0.5, 0.6) is 0 Å². The second-order valence-corrected chi connectivity index (χ2v) is 4.51. The molecule has 0 aromatic carbocycles. The number of Topliss-reactive ketones (excluding diaryl/α,β-unsaturated/α-hetero) is 1. The van der Waals surface area contributed by atoms with Crippen LogP contribution >= 0.6 is 0 Å². The standard InChI is InChI=1S/C13H14N4O/c14-10-6-7(4-5-16-10)13-12(15)11-8(17-13)2-1-3-9(11)18/h4-6,17H,1-3,15H2,(H2,14,16). The zero-order chi connectivity index (χ0) is 12.7. The lowest BCUT2D eigenvalue weighted by atomic mass is 9.95. The first-order chi connectivity index (χ1) is 8.66. The van der Waals surface area contributed by atoms with E-state index in [1.807, 2.05) is 6.07 Å². The van der Waals surface area contributed by atoms with Crippen LogP contribution in [0.2, 0.25) is 0 Å². The predicted molar refractivity (Wildman–Crippen MR) is 70.1 cm³/mol. The average Bonchev–Trinajstić information content (AvgIpc) is 2.68. The van der Waals surface area contributed by atoms with Gasteiger partial charge in [0.05, 0.1) is 16.9 Å². The minimum absolute atomic E-state index is 0.123. The molecule has 0 spiro atoms. The Morgan fingerprint density at radius 2 is 2.11 bits per heavy atom. The summed E-state index contributed by atoms with van der Waals surface area (Å²) in [5, 5.41) is 0. The number of carbonyl (C=O) groups excluding carboxylic acids is 1. The third-order valence-corrected chi connectivity index (χ3v) is 3.30. The molecule has 0 radical (unpaired) electrons. The molecule has 2 aromatic rings. The van der Waals surface area contributed by atoms with Gasteiger partial charge in [0.2, 0.25) is 0 Å². The van der Waals surface area contributed by atoms with Gasteiger partial charge in [-0.3, -0.25) is 4.79 Å². The number of nitrogens with two attached hydrogens (primary N) is 2. The fourth-order valence-electron chi connectivity index (χ4n) is 2.46. The van der Waals surface area contributed by atoms with Crippen LogP contribution in [0.1, 0.15) is 28.9 Å². The average molecular weight is 242 g/mol. The summed E-state index contributed by atoms with van der Waals surface area (Å²) >= 11 is 0. The van der Waals surface area contributed by atoms with E-state index in [-0.39, 0.29) is 5.78 Å². The number of anilines is 2. The van der Waals surface area contributed by atoms with Crippen molar-refractivity contribution in [2.24, 2.45) is 0 Å². The highest BCUT2D eigenvalue weighted by Crippen LogP contribution is 2.34. The second kappa shape index (κ2) is 3.87. The molecule has 0 aliphatic heterocycles. The number of aromatic nitrogens is 2. The molecule has 18 heavy (non-hydrogen) atoms. The van der Waals surface area contributed by atoms with Crippen molar-refractivity contribution in [2.75, 3.05) is 11.5 Å². The summed E-state index contributed by atoms with van der Waals surface area (Å²) in [4.78, 5) is 19.1. The lowest BCUT2D eigenvalue weighted by Crippen LogP contribution is -2.10. The maximum absolute atomic E-state index is 11.9.